The summed E-state index contributed by atoms with van der Waals surface area (Å²) in [6.45, 7) is -1.62. The van der Waals surface area contributed by atoms with Crippen molar-refractivity contribution in [2.24, 2.45) is 0 Å². The quantitative estimate of drug-likeness (QED) is 0.903. The molecule has 9 heteroatoms. The van der Waals surface area contributed by atoms with E-state index < -0.39 is 22.7 Å². The van der Waals surface area contributed by atoms with E-state index in [1.165, 1.54) is 29.0 Å². The van der Waals surface area contributed by atoms with E-state index in [2.05, 4.69) is 4.98 Å². The summed E-state index contributed by atoms with van der Waals surface area (Å²) in [6, 6.07) is 6.81. The van der Waals surface area contributed by atoms with Gasteiger partial charge in [-0.25, -0.2) is 18.1 Å². The van der Waals surface area contributed by atoms with Gasteiger partial charge in [0, 0.05) is 5.39 Å². The monoisotopic (exact) mass is 305 g/mol. The maximum atomic E-state index is 12.0. The van der Waals surface area contributed by atoms with Gasteiger partial charge in [0.2, 0.25) is 10.0 Å². The number of sulfonamides is 1. The fourth-order valence-corrected chi connectivity index (χ4v) is 2.60. The first-order valence-corrected chi connectivity index (χ1v) is 6.88. The lowest BCUT2D eigenvalue weighted by molar-refractivity contribution is -0.121. The lowest BCUT2D eigenvalue weighted by Crippen LogP contribution is -2.33. The Balaban J connectivity index is 2.35. The molecule has 1 heterocycles. The number of anilines is 1. The molecule has 3 N–H and O–H groups in total. The van der Waals surface area contributed by atoms with Crippen molar-refractivity contribution in [2.75, 3.05) is 12.3 Å². The molecular weight excluding hydrogens is 295 g/mol. The minimum absolute atomic E-state index is 0.263. The highest BCUT2D eigenvalue weighted by Crippen LogP contribution is 2.20. The van der Waals surface area contributed by atoms with Gasteiger partial charge in [0.15, 0.2) is 0 Å². The van der Waals surface area contributed by atoms with Gasteiger partial charge in [-0.05, 0) is 30.3 Å². The first kappa shape index (κ1) is 14.5. The van der Waals surface area contributed by atoms with Gasteiger partial charge >= 0.3 is 6.18 Å². The van der Waals surface area contributed by atoms with Crippen LogP contribution in [0.1, 0.15) is 0 Å². The molecule has 0 saturated carbocycles. The van der Waals surface area contributed by atoms with E-state index in [1.807, 2.05) is 0 Å². The highest BCUT2D eigenvalue weighted by Gasteiger charge is 2.30. The van der Waals surface area contributed by atoms with Crippen molar-refractivity contribution >= 4 is 26.7 Å². The summed E-state index contributed by atoms with van der Waals surface area (Å²) in [5.74, 6) is 0.267. The van der Waals surface area contributed by atoms with Gasteiger partial charge in [-0.15, -0.1) is 0 Å². The summed E-state index contributed by atoms with van der Waals surface area (Å²) >= 11 is 0. The second kappa shape index (κ2) is 4.91. The van der Waals surface area contributed by atoms with Crippen molar-refractivity contribution in [3.63, 3.8) is 0 Å². The van der Waals surface area contributed by atoms with Crippen molar-refractivity contribution in [3.05, 3.63) is 30.3 Å². The number of pyridine rings is 1. The molecule has 0 bridgehead atoms. The molecule has 0 saturated heterocycles. The van der Waals surface area contributed by atoms with Gasteiger partial charge in [0.05, 0.1) is 10.4 Å². The Labute approximate surface area is 112 Å². The van der Waals surface area contributed by atoms with Crippen LogP contribution < -0.4 is 10.5 Å². The number of rotatable bonds is 3. The summed E-state index contributed by atoms with van der Waals surface area (Å²) in [5, 5.41) is 0.467. The third-order valence-electron chi connectivity index (χ3n) is 2.46. The molecule has 0 amide bonds. The van der Waals surface area contributed by atoms with Gasteiger partial charge in [-0.1, -0.05) is 0 Å². The van der Waals surface area contributed by atoms with E-state index in [9.17, 15) is 21.6 Å². The molecule has 0 unspecified atom stereocenters. The van der Waals surface area contributed by atoms with Crippen LogP contribution in [0.2, 0.25) is 0 Å². The zero-order chi connectivity index (χ0) is 15.0. The Bertz CT molecular complexity index is 744. The summed E-state index contributed by atoms with van der Waals surface area (Å²) in [7, 11) is -4.22. The zero-order valence-electron chi connectivity index (χ0n) is 9.98. The van der Waals surface area contributed by atoms with Crippen LogP contribution in [0.5, 0.6) is 0 Å². The number of nitrogens with zero attached hydrogens (tertiary/aromatic N) is 1. The number of nitrogens with one attached hydrogen (secondary N) is 1. The van der Waals surface area contributed by atoms with Crippen LogP contribution in [0.4, 0.5) is 19.0 Å². The third-order valence-corrected chi connectivity index (χ3v) is 3.85. The summed E-state index contributed by atoms with van der Waals surface area (Å²) in [4.78, 5) is 3.70. The Hall–Kier alpha value is -1.87. The van der Waals surface area contributed by atoms with Crippen LogP contribution in [-0.4, -0.2) is 26.1 Å². The molecule has 2 aromatic rings. The van der Waals surface area contributed by atoms with Crippen LogP contribution in [0, 0.1) is 0 Å². The molecule has 0 fully saturated rings. The average molecular weight is 305 g/mol. The number of hydrogen-bond donors (Lipinski definition) is 2. The zero-order valence-corrected chi connectivity index (χ0v) is 10.8. The highest BCUT2D eigenvalue weighted by atomic mass is 32.2. The molecule has 0 atom stereocenters. The molecule has 1 aromatic heterocycles. The fourth-order valence-electron chi connectivity index (χ4n) is 1.55. The smallest absolute Gasteiger partial charge is 0.384 e. The first-order chi connectivity index (χ1) is 9.17. The van der Waals surface area contributed by atoms with Gasteiger partial charge in [-0.3, -0.25) is 0 Å². The number of fused-ring (bicyclic) bond motifs is 1. The van der Waals surface area contributed by atoms with Crippen molar-refractivity contribution < 1.29 is 21.6 Å². The molecule has 5 nitrogen and oxygen atoms in total. The molecule has 0 aliphatic carbocycles. The van der Waals surface area contributed by atoms with Gasteiger partial charge < -0.3 is 5.73 Å². The number of halogens is 3. The predicted molar refractivity (Wildman–Crippen MR) is 67.4 cm³/mol. The number of nitrogens with two attached hydrogens (primary N) is 1. The molecule has 20 heavy (non-hydrogen) atoms. The Morgan fingerprint density at radius 1 is 1.20 bits per heavy atom. The third kappa shape index (κ3) is 3.36. The molecule has 0 aliphatic heterocycles. The second-order valence-corrected chi connectivity index (χ2v) is 5.80. The highest BCUT2D eigenvalue weighted by molar-refractivity contribution is 7.89. The molecule has 2 rings (SSSR count). The Morgan fingerprint density at radius 2 is 1.90 bits per heavy atom. The largest absolute Gasteiger partial charge is 0.402 e. The van der Waals surface area contributed by atoms with Gasteiger partial charge in [-0.2, -0.15) is 13.2 Å². The minimum atomic E-state index is -4.61. The normalized spacial score (nSPS) is 12.8. The molecule has 0 spiro atoms. The number of alkyl halides is 3. The SMILES string of the molecule is Nc1ccc2cc(S(=O)(=O)NCC(F)(F)F)ccc2n1. The summed E-state index contributed by atoms with van der Waals surface area (Å²) < 4.78 is 61.1. The molecular formula is C11H10F3N3O2S. The molecule has 1 aromatic carbocycles. The Kier molecular flexibility index (Phi) is 3.57. The van der Waals surface area contributed by atoms with Crippen LogP contribution >= 0.6 is 0 Å². The van der Waals surface area contributed by atoms with E-state index in [0.717, 1.165) is 0 Å². The number of aromatic nitrogens is 1. The predicted octanol–water partition coefficient (Wildman–Crippen LogP) is 1.66. The van der Waals surface area contributed by atoms with E-state index in [4.69, 9.17) is 5.73 Å². The average Bonchev–Trinajstić information content (AvgIpc) is 2.35. The van der Waals surface area contributed by atoms with Crippen LogP contribution in [-0.2, 0) is 10.0 Å². The van der Waals surface area contributed by atoms with Crippen molar-refractivity contribution in [2.45, 2.75) is 11.1 Å². The maximum Gasteiger partial charge on any atom is 0.402 e. The standard InChI is InChI=1S/C11H10F3N3O2S/c12-11(13,14)6-16-20(18,19)8-2-3-9-7(5-8)1-4-10(15)17-9/h1-5,16H,6H2,(H2,15,17). The summed E-state index contributed by atoms with van der Waals surface area (Å²) in [5.41, 5.74) is 5.93. The van der Waals surface area contributed by atoms with Crippen molar-refractivity contribution in [1.29, 1.82) is 0 Å². The van der Waals surface area contributed by atoms with E-state index >= 15 is 0 Å². The topological polar surface area (TPSA) is 85.1 Å². The van der Waals surface area contributed by atoms with Crippen molar-refractivity contribution in [1.82, 2.24) is 9.71 Å². The first-order valence-electron chi connectivity index (χ1n) is 5.40. The second-order valence-electron chi connectivity index (χ2n) is 4.03. The van der Waals surface area contributed by atoms with E-state index in [1.54, 1.807) is 6.07 Å². The van der Waals surface area contributed by atoms with E-state index in [-0.39, 0.29) is 10.7 Å². The molecule has 108 valence electrons. The van der Waals surface area contributed by atoms with Crippen LogP contribution in [0.15, 0.2) is 35.2 Å². The Morgan fingerprint density at radius 3 is 2.55 bits per heavy atom. The lowest BCUT2D eigenvalue weighted by atomic mass is 10.2. The van der Waals surface area contributed by atoms with Crippen LogP contribution in [0.3, 0.4) is 0 Å². The molecule has 0 aliphatic rings. The summed E-state index contributed by atoms with van der Waals surface area (Å²) in [6.07, 6.45) is -4.61. The molecule has 0 radical (unpaired) electrons. The van der Waals surface area contributed by atoms with E-state index in [0.29, 0.717) is 10.9 Å². The fraction of sp³-hybridized carbons (Fsp3) is 0.182. The van der Waals surface area contributed by atoms with Gasteiger partial charge in [0.25, 0.3) is 0 Å². The lowest BCUT2D eigenvalue weighted by Gasteiger charge is -2.09. The van der Waals surface area contributed by atoms with Crippen molar-refractivity contribution in [3.8, 4) is 0 Å². The van der Waals surface area contributed by atoms with Crippen LogP contribution in [0.25, 0.3) is 10.9 Å². The number of nitrogen functional groups attached to an aromatic ring is 1. The van der Waals surface area contributed by atoms with Gasteiger partial charge in [0.1, 0.15) is 12.4 Å². The minimum Gasteiger partial charge on any atom is -0.384 e. The number of benzene rings is 1. The maximum absolute atomic E-state index is 12.0. The number of hydrogen-bond acceptors (Lipinski definition) is 4.